The van der Waals surface area contributed by atoms with Crippen molar-refractivity contribution in [2.75, 3.05) is 20.3 Å². The van der Waals surface area contributed by atoms with Crippen molar-refractivity contribution < 1.29 is 34.1 Å². The number of hydrogen-bond acceptors (Lipinski definition) is 8. The molecule has 3 N–H and O–H groups in total. The molecule has 2 rings (SSSR count). The smallest absolute Gasteiger partial charge is 0.347 e. The molecule has 1 aromatic heterocycles. The van der Waals surface area contributed by atoms with Crippen LogP contribution in [0.5, 0.6) is 11.6 Å². The van der Waals surface area contributed by atoms with Crippen molar-refractivity contribution in [1.82, 2.24) is 9.88 Å². The summed E-state index contributed by atoms with van der Waals surface area (Å²) in [6, 6.07) is 6.99. The number of benzene rings is 1. The molecule has 0 saturated heterocycles. The number of pyridine rings is 1. The lowest BCUT2D eigenvalue weighted by atomic mass is 10.1. The lowest BCUT2D eigenvalue weighted by Gasteiger charge is -2.16. The summed E-state index contributed by atoms with van der Waals surface area (Å²) in [5.41, 5.74) is -1.18. The molecule has 10 heteroatoms. The van der Waals surface area contributed by atoms with Crippen molar-refractivity contribution in [1.29, 1.82) is 0 Å². The minimum Gasteiger partial charge on any atom is -0.506 e. The molecular formula is C20H22N2O8. The van der Waals surface area contributed by atoms with Gasteiger partial charge in [0, 0.05) is 0 Å². The Morgan fingerprint density at radius 2 is 1.80 bits per heavy atom. The average molecular weight is 418 g/mol. The first-order valence-corrected chi connectivity index (χ1v) is 8.98. The highest BCUT2D eigenvalue weighted by Crippen LogP contribution is 2.29. The van der Waals surface area contributed by atoms with E-state index in [9.17, 15) is 29.4 Å². The van der Waals surface area contributed by atoms with E-state index in [1.807, 2.05) is 0 Å². The van der Waals surface area contributed by atoms with Gasteiger partial charge < -0.3 is 25.0 Å². The van der Waals surface area contributed by atoms with Crippen molar-refractivity contribution >= 4 is 17.8 Å². The Morgan fingerprint density at radius 1 is 1.13 bits per heavy atom. The van der Waals surface area contributed by atoms with Crippen molar-refractivity contribution in [3.8, 4) is 11.6 Å². The van der Waals surface area contributed by atoms with E-state index < -0.39 is 52.7 Å². The van der Waals surface area contributed by atoms with Crippen LogP contribution in [0.25, 0.3) is 0 Å². The Bertz CT molecular complexity index is 1040. The van der Waals surface area contributed by atoms with E-state index in [1.165, 1.54) is 0 Å². The highest BCUT2D eigenvalue weighted by Gasteiger charge is 2.30. The number of amides is 1. The van der Waals surface area contributed by atoms with Crippen LogP contribution in [0.3, 0.4) is 0 Å². The van der Waals surface area contributed by atoms with Crippen LogP contribution in [0.4, 0.5) is 0 Å². The molecule has 1 amide bonds. The van der Waals surface area contributed by atoms with Gasteiger partial charge in [-0.15, -0.1) is 0 Å². The third-order valence-electron chi connectivity index (χ3n) is 4.32. The third-order valence-corrected chi connectivity index (χ3v) is 4.32. The van der Waals surface area contributed by atoms with E-state index in [-0.39, 0.29) is 13.2 Å². The van der Waals surface area contributed by atoms with Crippen LogP contribution < -0.4 is 10.9 Å². The Kier molecular flexibility index (Phi) is 7.18. The van der Waals surface area contributed by atoms with E-state index in [0.29, 0.717) is 5.56 Å². The molecule has 0 spiro atoms. The summed E-state index contributed by atoms with van der Waals surface area (Å²) in [5.74, 6) is -4.92. The molecule has 0 atom stereocenters. The summed E-state index contributed by atoms with van der Waals surface area (Å²) in [7, 11) is 1.01. The van der Waals surface area contributed by atoms with Gasteiger partial charge in [-0.25, -0.2) is 4.79 Å². The number of nitrogens with zero attached hydrogens (tertiary/aromatic N) is 1. The maximum atomic E-state index is 12.9. The van der Waals surface area contributed by atoms with Gasteiger partial charge in [0.15, 0.2) is 11.3 Å². The second-order valence-corrected chi connectivity index (χ2v) is 6.22. The van der Waals surface area contributed by atoms with Crippen LogP contribution in [-0.2, 0) is 20.8 Å². The molecule has 1 heterocycles. The van der Waals surface area contributed by atoms with E-state index in [2.05, 4.69) is 14.8 Å². The number of methoxy groups -OCH3 is 1. The number of esters is 2. The molecule has 0 bridgehead atoms. The van der Waals surface area contributed by atoms with E-state index in [4.69, 9.17) is 0 Å². The zero-order chi connectivity index (χ0) is 22.4. The molecule has 0 fully saturated rings. The molecule has 2 aromatic rings. The number of carbonyl (C=O) groups is 3. The molecule has 0 aliphatic carbocycles. The molecule has 0 saturated carbocycles. The fourth-order valence-corrected chi connectivity index (χ4v) is 2.75. The Hall–Kier alpha value is -3.82. The SMILES string of the molecule is CCOC(=O)CNC(=O)c1c(O)c(C(=O)OC)c(O)n(Cc2ccccc2C)c1=O. The lowest BCUT2D eigenvalue weighted by molar-refractivity contribution is -0.141. The maximum Gasteiger partial charge on any atom is 0.347 e. The predicted molar refractivity (Wildman–Crippen MR) is 105 cm³/mol. The summed E-state index contributed by atoms with van der Waals surface area (Å²) in [6.07, 6.45) is 0. The second-order valence-electron chi connectivity index (χ2n) is 6.22. The summed E-state index contributed by atoms with van der Waals surface area (Å²) >= 11 is 0. The number of carbonyl (C=O) groups excluding carboxylic acids is 3. The number of hydrogen-bond donors (Lipinski definition) is 3. The molecule has 1 aromatic carbocycles. The lowest BCUT2D eigenvalue weighted by Crippen LogP contribution is -2.37. The van der Waals surface area contributed by atoms with Gasteiger partial charge in [-0.2, -0.15) is 0 Å². The maximum absolute atomic E-state index is 12.9. The van der Waals surface area contributed by atoms with Crippen LogP contribution in [0.15, 0.2) is 29.1 Å². The summed E-state index contributed by atoms with van der Waals surface area (Å²) in [4.78, 5) is 49.0. The van der Waals surface area contributed by atoms with Gasteiger partial charge >= 0.3 is 11.9 Å². The minimum atomic E-state index is -1.15. The van der Waals surface area contributed by atoms with Crippen molar-refractivity contribution in [3.05, 3.63) is 56.9 Å². The van der Waals surface area contributed by atoms with Crippen LogP contribution >= 0.6 is 0 Å². The van der Waals surface area contributed by atoms with Crippen LogP contribution in [0.2, 0.25) is 0 Å². The summed E-state index contributed by atoms with van der Waals surface area (Å²) in [5, 5.41) is 23.0. The highest BCUT2D eigenvalue weighted by molar-refractivity contribution is 6.03. The zero-order valence-corrected chi connectivity index (χ0v) is 16.7. The van der Waals surface area contributed by atoms with Crippen molar-refractivity contribution in [2.24, 2.45) is 0 Å². The van der Waals surface area contributed by atoms with Gasteiger partial charge in [0.05, 0.1) is 20.3 Å². The molecule has 0 aliphatic heterocycles. The first kappa shape index (κ1) is 22.5. The Balaban J connectivity index is 2.60. The minimum absolute atomic E-state index is 0.0921. The third kappa shape index (κ3) is 4.59. The molecule has 0 aliphatic rings. The number of aromatic nitrogens is 1. The zero-order valence-electron chi connectivity index (χ0n) is 16.7. The van der Waals surface area contributed by atoms with Gasteiger partial charge in [0.2, 0.25) is 5.88 Å². The fourth-order valence-electron chi connectivity index (χ4n) is 2.75. The molecule has 10 nitrogen and oxygen atoms in total. The second kappa shape index (κ2) is 9.59. The first-order chi connectivity index (χ1) is 14.2. The number of nitrogens with one attached hydrogen (secondary N) is 1. The molecule has 160 valence electrons. The van der Waals surface area contributed by atoms with Crippen molar-refractivity contribution in [2.45, 2.75) is 20.4 Å². The van der Waals surface area contributed by atoms with Crippen LogP contribution in [0.1, 0.15) is 38.8 Å². The predicted octanol–water partition coefficient (Wildman–Crippen LogP) is 0.696. The number of ether oxygens (including phenoxy) is 2. The van der Waals surface area contributed by atoms with Crippen LogP contribution in [-0.4, -0.2) is 52.9 Å². The highest BCUT2D eigenvalue weighted by atomic mass is 16.5. The molecule has 30 heavy (non-hydrogen) atoms. The van der Waals surface area contributed by atoms with Gasteiger partial charge in [0.1, 0.15) is 12.1 Å². The van der Waals surface area contributed by atoms with Gasteiger partial charge in [-0.1, -0.05) is 24.3 Å². The number of aromatic hydroxyl groups is 2. The molecule has 0 unspecified atom stereocenters. The Morgan fingerprint density at radius 3 is 2.40 bits per heavy atom. The van der Waals surface area contributed by atoms with Gasteiger partial charge in [-0.05, 0) is 25.0 Å². The monoisotopic (exact) mass is 418 g/mol. The molecule has 0 radical (unpaired) electrons. The largest absolute Gasteiger partial charge is 0.506 e. The van der Waals surface area contributed by atoms with E-state index >= 15 is 0 Å². The normalized spacial score (nSPS) is 10.4. The van der Waals surface area contributed by atoms with Gasteiger partial charge in [0.25, 0.3) is 11.5 Å². The quantitative estimate of drug-likeness (QED) is 0.557. The number of aryl methyl sites for hydroxylation is 1. The van der Waals surface area contributed by atoms with Crippen molar-refractivity contribution in [3.63, 3.8) is 0 Å². The standard InChI is InChI=1S/C20H22N2O8/c1-4-30-13(23)9-21-17(25)14-16(24)15(20(28)29-3)19(27)22(18(14)26)10-12-8-6-5-7-11(12)2/h5-8,24,27H,4,9-10H2,1-3H3,(H,21,25). The van der Waals surface area contributed by atoms with Gasteiger partial charge in [-0.3, -0.25) is 19.0 Å². The first-order valence-electron chi connectivity index (χ1n) is 8.98. The number of rotatable bonds is 7. The van der Waals surface area contributed by atoms with E-state index in [1.54, 1.807) is 38.1 Å². The topological polar surface area (TPSA) is 144 Å². The van der Waals surface area contributed by atoms with Crippen LogP contribution in [0, 0.1) is 6.92 Å². The summed E-state index contributed by atoms with van der Waals surface area (Å²) in [6.45, 7) is 2.72. The van der Waals surface area contributed by atoms with E-state index in [0.717, 1.165) is 17.2 Å². The Labute approximate surface area is 171 Å². The fraction of sp³-hybridized carbons (Fsp3) is 0.300. The summed E-state index contributed by atoms with van der Waals surface area (Å²) < 4.78 is 10.0. The average Bonchev–Trinajstić information content (AvgIpc) is 2.71. The molecular weight excluding hydrogens is 396 g/mol.